The van der Waals surface area contributed by atoms with Crippen molar-refractivity contribution in [1.29, 1.82) is 0 Å². The van der Waals surface area contributed by atoms with Gasteiger partial charge in [0.1, 0.15) is 0 Å². The normalized spacial score (nSPS) is 15.4. The van der Waals surface area contributed by atoms with E-state index in [1.807, 2.05) is 12.1 Å². The third kappa shape index (κ3) is 2.72. The standard InChI is InChI=1S/C14H18N2O3S/c1-20(17,18)19-8-6-10-3-2-4-12-14(10)11-5-7-15-9-13(11)16-12/h2-4,15-16H,5-9H2,1H3. The Morgan fingerprint density at radius 3 is 3.00 bits per heavy atom. The second-order valence-electron chi connectivity index (χ2n) is 5.12. The monoisotopic (exact) mass is 294 g/mol. The van der Waals surface area contributed by atoms with E-state index in [4.69, 9.17) is 4.18 Å². The van der Waals surface area contributed by atoms with Crippen LogP contribution in [0.3, 0.4) is 0 Å². The highest BCUT2D eigenvalue weighted by molar-refractivity contribution is 7.85. The Hall–Kier alpha value is -1.37. The highest BCUT2D eigenvalue weighted by atomic mass is 32.2. The number of nitrogens with one attached hydrogen (secondary N) is 2. The van der Waals surface area contributed by atoms with Gasteiger partial charge in [-0.3, -0.25) is 4.18 Å². The third-order valence-corrected chi connectivity index (χ3v) is 4.22. The average Bonchev–Trinajstić information content (AvgIpc) is 2.76. The Morgan fingerprint density at radius 2 is 2.20 bits per heavy atom. The van der Waals surface area contributed by atoms with Crippen molar-refractivity contribution in [3.63, 3.8) is 0 Å². The lowest BCUT2D eigenvalue weighted by atomic mass is 9.99. The van der Waals surface area contributed by atoms with Crippen LogP contribution in [0.2, 0.25) is 0 Å². The highest BCUT2D eigenvalue weighted by Gasteiger charge is 2.17. The van der Waals surface area contributed by atoms with Gasteiger partial charge in [-0.15, -0.1) is 0 Å². The Bertz CT molecular complexity index is 734. The fourth-order valence-corrected chi connectivity index (χ4v) is 3.20. The van der Waals surface area contributed by atoms with Crippen LogP contribution in [0.5, 0.6) is 0 Å². The number of benzene rings is 1. The molecule has 0 atom stereocenters. The number of hydrogen-bond donors (Lipinski definition) is 2. The molecule has 2 heterocycles. The van der Waals surface area contributed by atoms with Crippen LogP contribution in [-0.2, 0) is 33.7 Å². The number of hydrogen-bond acceptors (Lipinski definition) is 4. The summed E-state index contributed by atoms with van der Waals surface area (Å²) in [4.78, 5) is 3.44. The van der Waals surface area contributed by atoms with Gasteiger partial charge in [-0.05, 0) is 36.6 Å². The predicted octanol–water partition coefficient (Wildman–Crippen LogP) is 1.33. The van der Waals surface area contributed by atoms with Crippen LogP contribution >= 0.6 is 0 Å². The fourth-order valence-electron chi connectivity index (χ4n) is 2.81. The molecule has 0 fully saturated rings. The van der Waals surface area contributed by atoms with Gasteiger partial charge in [-0.1, -0.05) is 12.1 Å². The molecule has 1 aromatic carbocycles. The summed E-state index contributed by atoms with van der Waals surface area (Å²) in [6.45, 7) is 2.04. The number of H-pyrrole nitrogens is 1. The van der Waals surface area contributed by atoms with Gasteiger partial charge in [0.05, 0.1) is 12.9 Å². The van der Waals surface area contributed by atoms with E-state index in [1.54, 1.807) is 0 Å². The van der Waals surface area contributed by atoms with Crippen LogP contribution in [0.1, 0.15) is 16.8 Å². The molecule has 0 saturated carbocycles. The van der Waals surface area contributed by atoms with Crippen molar-refractivity contribution in [2.75, 3.05) is 19.4 Å². The fraction of sp³-hybridized carbons (Fsp3) is 0.429. The first-order chi connectivity index (χ1) is 9.54. The Balaban J connectivity index is 1.92. The molecule has 0 aliphatic carbocycles. The van der Waals surface area contributed by atoms with Crippen molar-refractivity contribution in [3.8, 4) is 0 Å². The molecular formula is C14H18N2O3S. The molecule has 1 aliphatic heterocycles. The number of aromatic nitrogens is 1. The first-order valence-electron chi connectivity index (χ1n) is 6.71. The molecule has 5 nitrogen and oxygen atoms in total. The molecule has 0 bridgehead atoms. The molecule has 2 N–H and O–H groups in total. The van der Waals surface area contributed by atoms with E-state index in [9.17, 15) is 8.42 Å². The molecule has 3 rings (SSSR count). The maximum absolute atomic E-state index is 11.0. The van der Waals surface area contributed by atoms with Gasteiger partial charge in [0.15, 0.2) is 0 Å². The van der Waals surface area contributed by atoms with E-state index in [0.717, 1.165) is 36.8 Å². The Labute approximate surface area is 118 Å². The smallest absolute Gasteiger partial charge is 0.264 e. The first kappa shape index (κ1) is 13.6. The first-order valence-corrected chi connectivity index (χ1v) is 8.53. The second kappa shape index (κ2) is 5.20. The van der Waals surface area contributed by atoms with Gasteiger partial charge in [0.25, 0.3) is 10.1 Å². The van der Waals surface area contributed by atoms with Gasteiger partial charge in [-0.25, -0.2) is 0 Å². The van der Waals surface area contributed by atoms with E-state index < -0.39 is 10.1 Å². The summed E-state index contributed by atoms with van der Waals surface area (Å²) >= 11 is 0. The van der Waals surface area contributed by atoms with E-state index in [2.05, 4.69) is 16.4 Å². The SMILES string of the molecule is CS(=O)(=O)OCCc1cccc2[nH]c3c(c12)CCNC3. The van der Waals surface area contributed by atoms with Crippen molar-refractivity contribution in [2.45, 2.75) is 19.4 Å². The largest absolute Gasteiger partial charge is 0.357 e. The molecule has 6 heteroatoms. The second-order valence-corrected chi connectivity index (χ2v) is 6.77. The zero-order valence-corrected chi connectivity index (χ0v) is 12.2. The van der Waals surface area contributed by atoms with Gasteiger partial charge in [-0.2, -0.15) is 8.42 Å². The molecule has 2 aromatic rings. The minimum absolute atomic E-state index is 0.191. The molecule has 0 amide bonds. The molecule has 1 aliphatic rings. The minimum Gasteiger partial charge on any atom is -0.357 e. The van der Waals surface area contributed by atoms with Crippen LogP contribution in [0.25, 0.3) is 10.9 Å². The van der Waals surface area contributed by atoms with Crippen LogP contribution in [-0.4, -0.2) is 32.8 Å². The lowest BCUT2D eigenvalue weighted by molar-refractivity contribution is 0.326. The molecule has 1 aromatic heterocycles. The van der Waals surface area contributed by atoms with Crippen molar-refractivity contribution < 1.29 is 12.6 Å². The summed E-state index contributed by atoms with van der Waals surface area (Å²) in [6.07, 6.45) is 2.68. The van der Waals surface area contributed by atoms with E-state index in [-0.39, 0.29) is 6.61 Å². The minimum atomic E-state index is -3.37. The predicted molar refractivity (Wildman–Crippen MR) is 78.2 cm³/mol. The molecular weight excluding hydrogens is 276 g/mol. The summed E-state index contributed by atoms with van der Waals surface area (Å²) < 4.78 is 26.9. The lowest BCUT2D eigenvalue weighted by Crippen LogP contribution is -2.23. The lowest BCUT2D eigenvalue weighted by Gasteiger charge is -2.13. The zero-order valence-electron chi connectivity index (χ0n) is 11.4. The highest BCUT2D eigenvalue weighted by Crippen LogP contribution is 2.28. The van der Waals surface area contributed by atoms with Crippen LogP contribution in [0, 0.1) is 0 Å². The molecule has 0 spiro atoms. The van der Waals surface area contributed by atoms with Crippen LogP contribution in [0.15, 0.2) is 18.2 Å². The summed E-state index contributed by atoms with van der Waals surface area (Å²) in [5, 5.41) is 4.59. The average molecular weight is 294 g/mol. The zero-order chi connectivity index (χ0) is 14.2. The van der Waals surface area contributed by atoms with E-state index in [0.29, 0.717) is 6.42 Å². The summed E-state index contributed by atoms with van der Waals surface area (Å²) in [6, 6.07) is 6.10. The maximum Gasteiger partial charge on any atom is 0.264 e. The summed E-state index contributed by atoms with van der Waals surface area (Å²) in [5.41, 5.74) is 4.86. The van der Waals surface area contributed by atoms with E-state index in [1.165, 1.54) is 16.6 Å². The van der Waals surface area contributed by atoms with Gasteiger partial charge in [0, 0.05) is 23.1 Å². The van der Waals surface area contributed by atoms with Gasteiger partial charge < -0.3 is 10.3 Å². The van der Waals surface area contributed by atoms with Crippen molar-refractivity contribution in [2.24, 2.45) is 0 Å². The topological polar surface area (TPSA) is 71.2 Å². The third-order valence-electron chi connectivity index (χ3n) is 3.62. The number of aromatic amines is 1. The Morgan fingerprint density at radius 1 is 1.35 bits per heavy atom. The van der Waals surface area contributed by atoms with Crippen molar-refractivity contribution >= 4 is 21.0 Å². The van der Waals surface area contributed by atoms with E-state index >= 15 is 0 Å². The van der Waals surface area contributed by atoms with Crippen molar-refractivity contribution in [3.05, 3.63) is 35.0 Å². The Kier molecular flexibility index (Phi) is 3.54. The quantitative estimate of drug-likeness (QED) is 0.835. The molecule has 0 radical (unpaired) electrons. The molecule has 0 unspecified atom stereocenters. The van der Waals surface area contributed by atoms with Crippen LogP contribution in [0.4, 0.5) is 0 Å². The molecule has 108 valence electrons. The summed E-state index contributed by atoms with van der Waals surface area (Å²) in [5.74, 6) is 0. The molecule has 0 saturated heterocycles. The number of rotatable bonds is 4. The maximum atomic E-state index is 11.0. The van der Waals surface area contributed by atoms with Crippen molar-refractivity contribution in [1.82, 2.24) is 10.3 Å². The summed E-state index contributed by atoms with van der Waals surface area (Å²) in [7, 11) is -3.37. The van der Waals surface area contributed by atoms with Gasteiger partial charge >= 0.3 is 0 Å². The number of fused-ring (bicyclic) bond motifs is 3. The van der Waals surface area contributed by atoms with Crippen LogP contribution < -0.4 is 5.32 Å². The van der Waals surface area contributed by atoms with Gasteiger partial charge in [0.2, 0.25) is 0 Å². The molecule has 20 heavy (non-hydrogen) atoms.